The number of aryl methyl sites for hydroxylation is 1. The van der Waals surface area contributed by atoms with Crippen molar-refractivity contribution in [1.82, 2.24) is 15.4 Å². The number of hydrazine groups is 1. The first-order valence-electron chi connectivity index (χ1n) is 8.70. The van der Waals surface area contributed by atoms with E-state index in [4.69, 9.17) is 16.3 Å². The predicted molar refractivity (Wildman–Crippen MR) is 105 cm³/mol. The van der Waals surface area contributed by atoms with Crippen molar-refractivity contribution < 1.29 is 9.53 Å². The van der Waals surface area contributed by atoms with Gasteiger partial charge in [0.15, 0.2) is 5.84 Å². The molecule has 1 heterocycles. The molecular formula is C19H26N6O2. The highest BCUT2D eigenvalue weighted by atomic mass is 16.5. The van der Waals surface area contributed by atoms with Crippen molar-refractivity contribution in [2.24, 2.45) is 16.7 Å². The smallest absolute Gasteiger partial charge is 0.270 e. The van der Waals surface area contributed by atoms with Crippen LogP contribution in [0.25, 0.3) is 0 Å². The average Bonchev–Trinajstić information content (AvgIpc) is 2.63. The molecule has 8 nitrogen and oxygen atoms in total. The van der Waals surface area contributed by atoms with Crippen LogP contribution in [0.15, 0.2) is 41.5 Å². The van der Waals surface area contributed by atoms with Crippen LogP contribution in [0.3, 0.4) is 0 Å². The zero-order chi connectivity index (χ0) is 19.8. The quantitative estimate of drug-likeness (QED) is 0.281. The van der Waals surface area contributed by atoms with E-state index in [0.29, 0.717) is 24.4 Å². The molecule has 0 radical (unpaired) electrons. The minimum absolute atomic E-state index is 0.209. The summed E-state index contributed by atoms with van der Waals surface area (Å²) in [5.41, 5.74) is 8.36. The fourth-order valence-corrected chi connectivity index (χ4v) is 2.40. The van der Waals surface area contributed by atoms with Crippen molar-refractivity contribution in [3.8, 4) is 5.75 Å². The molecule has 0 spiro atoms. The molecule has 1 aromatic carbocycles. The lowest BCUT2D eigenvalue weighted by atomic mass is 10.1. The van der Waals surface area contributed by atoms with Gasteiger partial charge in [0, 0.05) is 24.8 Å². The van der Waals surface area contributed by atoms with Crippen molar-refractivity contribution in [3.63, 3.8) is 0 Å². The van der Waals surface area contributed by atoms with Gasteiger partial charge in [-0.15, -0.1) is 5.10 Å². The standard InChI is InChI=1S/C19H26N6O2/c1-4-8-27-16-7-5-6-14(10-16)12-22-19(26)17-11-15(9-13(2)23-17)18(20)24-25(3)21/h5-7,9-11H,4,8,12,21H2,1-3H3,(H2,20,24)(H,22,26). The number of nitrogens with one attached hydrogen (secondary N) is 1. The van der Waals surface area contributed by atoms with Crippen LogP contribution in [-0.2, 0) is 6.54 Å². The van der Waals surface area contributed by atoms with Gasteiger partial charge in [0.1, 0.15) is 11.4 Å². The fourth-order valence-electron chi connectivity index (χ4n) is 2.40. The fraction of sp³-hybridized carbons (Fsp3) is 0.316. The van der Waals surface area contributed by atoms with Crippen LogP contribution in [0.4, 0.5) is 0 Å². The first-order chi connectivity index (χ1) is 12.9. The van der Waals surface area contributed by atoms with Gasteiger partial charge in [-0.25, -0.2) is 15.9 Å². The highest BCUT2D eigenvalue weighted by Gasteiger charge is 2.11. The van der Waals surface area contributed by atoms with E-state index in [-0.39, 0.29) is 17.4 Å². The minimum atomic E-state index is -0.297. The van der Waals surface area contributed by atoms with E-state index in [1.54, 1.807) is 26.1 Å². The highest BCUT2D eigenvalue weighted by Crippen LogP contribution is 2.14. The summed E-state index contributed by atoms with van der Waals surface area (Å²) in [4.78, 5) is 16.8. The Balaban J connectivity index is 2.09. The summed E-state index contributed by atoms with van der Waals surface area (Å²) < 4.78 is 5.61. The second kappa shape index (κ2) is 9.54. The lowest BCUT2D eigenvalue weighted by molar-refractivity contribution is 0.0945. The zero-order valence-corrected chi connectivity index (χ0v) is 15.9. The summed E-state index contributed by atoms with van der Waals surface area (Å²) in [5, 5.41) is 7.92. The summed E-state index contributed by atoms with van der Waals surface area (Å²) in [6.07, 6.45) is 0.939. The number of pyridine rings is 1. The number of benzene rings is 1. The van der Waals surface area contributed by atoms with Crippen LogP contribution < -0.4 is 21.6 Å². The second-order valence-electron chi connectivity index (χ2n) is 6.12. The average molecular weight is 370 g/mol. The number of rotatable bonds is 8. The first kappa shape index (κ1) is 20.2. The second-order valence-corrected chi connectivity index (χ2v) is 6.12. The number of carbonyl (C=O) groups excluding carboxylic acids is 1. The van der Waals surface area contributed by atoms with Gasteiger partial charge in [0.05, 0.1) is 6.61 Å². The van der Waals surface area contributed by atoms with E-state index in [2.05, 4.69) is 22.3 Å². The number of aromatic nitrogens is 1. The van der Waals surface area contributed by atoms with E-state index in [1.807, 2.05) is 24.3 Å². The Morgan fingerprint density at radius 3 is 2.81 bits per heavy atom. The van der Waals surface area contributed by atoms with Crippen molar-refractivity contribution in [1.29, 1.82) is 0 Å². The van der Waals surface area contributed by atoms with Crippen LogP contribution in [0.2, 0.25) is 0 Å². The van der Waals surface area contributed by atoms with Crippen LogP contribution >= 0.6 is 0 Å². The van der Waals surface area contributed by atoms with Crippen LogP contribution in [0.1, 0.15) is 40.7 Å². The molecule has 144 valence electrons. The first-order valence-corrected chi connectivity index (χ1v) is 8.70. The van der Waals surface area contributed by atoms with Crippen molar-refractivity contribution in [2.45, 2.75) is 26.8 Å². The van der Waals surface area contributed by atoms with Gasteiger partial charge in [-0.1, -0.05) is 19.1 Å². The maximum Gasteiger partial charge on any atom is 0.270 e. The van der Waals surface area contributed by atoms with Gasteiger partial charge < -0.3 is 15.8 Å². The molecule has 0 aliphatic heterocycles. The highest BCUT2D eigenvalue weighted by molar-refractivity contribution is 6.00. The molecule has 0 aliphatic carbocycles. The molecule has 2 aromatic rings. The Kier molecular flexibility index (Phi) is 7.13. The molecule has 8 heteroatoms. The molecule has 0 atom stereocenters. The minimum Gasteiger partial charge on any atom is -0.494 e. The molecule has 0 saturated heterocycles. The maximum absolute atomic E-state index is 12.5. The van der Waals surface area contributed by atoms with Crippen LogP contribution in [-0.4, -0.2) is 35.5 Å². The predicted octanol–water partition coefficient (Wildman–Crippen LogP) is 1.53. The number of hydrogen-bond acceptors (Lipinski definition) is 6. The van der Waals surface area contributed by atoms with Crippen molar-refractivity contribution in [3.05, 3.63) is 58.9 Å². The van der Waals surface area contributed by atoms with E-state index >= 15 is 0 Å². The Bertz CT molecular complexity index is 820. The molecule has 27 heavy (non-hydrogen) atoms. The molecular weight excluding hydrogens is 344 g/mol. The largest absolute Gasteiger partial charge is 0.494 e. The third-order valence-electron chi connectivity index (χ3n) is 3.57. The Hall–Kier alpha value is -3.13. The van der Waals surface area contributed by atoms with Crippen LogP contribution in [0.5, 0.6) is 5.75 Å². The molecule has 1 amide bonds. The molecule has 5 N–H and O–H groups in total. The third kappa shape index (κ3) is 6.27. The molecule has 1 aromatic heterocycles. The summed E-state index contributed by atoms with van der Waals surface area (Å²) in [5.74, 6) is 6.18. The monoisotopic (exact) mass is 370 g/mol. The summed E-state index contributed by atoms with van der Waals surface area (Å²) >= 11 is 0. The van der Waals surface area contributed by atoms with Gasteiger partial charge in [-0.3, -0.25) is 4.79 Å². The number of carbonyl (C=O) groups is 1. The Morgan fingerprint density at radius 1 is 1.33 bits per heavy atom. The Labute approximate surface area is 159 Å². The normalized spacial score (nSPS) is 11.2. The maximum atomic E-state index is 12.5. The molecule has 0 unspecified atom stereocenters. The lowest BCUT2D eigenvalue weighted by Crippen LogP contribution is -2.27. The zero-order valence-electron chi connectivity index (χ0n) is 15.9. The molecule has 0 aliphatic rings. The van der Waals surface area contributed by atoms with E-state index < -0.39 is 0 Å². The van der Waals surface area contributed by atoms with Gasteiger partial charge in [0.2, 0.25) is 0 Å². The number of ether oxygens (including phenoxy) is 1. The lowest BCUT2D eigenvalue weighted by Gasteiger charge is -2.10. The van der Waals surface area contributed by atoms with Crippen molar-refractivity contribution in [2.75, 3.05) is 13.7 Å². The molecule has 0 saturated carbocycles. The summed E-state index contributed by atoms with van der Waals surface area (Å²) in [6, 6.07) is 11.0. The third-order valence-corrected chi connectivity index (χ3v) is 3.57. The SMILES string of the molecule is CCCOc1cccc(CNC(=O)c2cc(/C(N)=N/N(C)N)cc(C)n2)c1. The van der Waals surface area contributed by atoms with E-state index in [9.17, 15) is 4.79 Å². The van der Waals surface area contributed by atoms with E-state index in [0.717, 1.165) is 22.9 Å². The number of nitrogens with two attached hydrogens (primary N) is 2. The number of amides is 1. The van der Waals surface area contributed by atoms with Gasteiger partial charge >= 0.3 is 0 Å². The number of nitrogens with zero attached hydrogens (tertiary/aromatic N) is 3. The molecule has 0 bridgehead atoms. The topological polar surface area (TPSA) is 119 Å². The summed E-state index contributed by atoms with van der Waals surface area (Å²) in [7, 11) is 1.56. The van der Waals surface area contributed by atoms with Gasteiger partial charge in [0.25, 0.3) is 5.91 Å². The number of hydrogen-bond donors (Lipinski definition) is 3. The molecule has 0 fully saturated rings. The number of amidine groups is 1. The van der Waals surface area contributed by atoms with Crippen LogP contribution in [0, 0.1) is 6.92 Å². The number of hydrazone groups is 1. The van der Waals surface area contributed by atoms with Crippen molar-refractivity contribution >= 4 is 11.7 Å². The Morgan fingerprint density at radius 2 is 2.11 bits per heavy atom. The molecule has 2 rings (SSSR count). The van der Waals surface area contributed by atoms with E-state index in [1.165, 1.54) is 0 Å². The van der Waals surface area contributed by atoms with Gasteiger partial charge in [-0.05, 0) is 43.2 Å². The van der Waals surface area contributed by atoms with Gasteiger partial charge in [-0.2, -0.15) is 0 Å². The summed E-state index contributed by atoms with van der Waals surface area (Å²) in [6.45, 7) is 4.86.